The van der Waals surface area contributed by atoms with Gasteiger partial charge in [-0.2, -0.15) is 0 Å². The van der Waals surface area contributed by atoms with E-state index in [2.05, 4.69) is 27.0 Å². The number of aromatic nitrogens is 2. The Balaban J connectivity index is 1.41. The summed E-state index contributed by atoms with van der Waals surface area (Å²) in [7, 11) is 0. The Morgan fingerprint density at radius 1 is 1.04 bits per heavy atom. The molecule has 0 atom stereocenters. The third-order valence-electron chi connectivity index (χ3n) is 5.60. The fraction of sp³-hybridized carbons (Fsp3) is 0.476. The van der Waals surface area contributed by atoms with Gasteiger partial charge in [0.2, 0.25) is 0 Å². The van der Waals surface area contributed by atoms with Gasteiger partial charge in [-0.25, -0.2) is 4.98 Å². The van der Waals surface area contributed by atoms with Crippen molar-refractivity contribution in [3.8, 4) is 0 Å². The number of likely N-dealkylation sites (tertiary alicyclic amines) is 1. The van der Waals surface area contributed by atoms with Crippen LogP contribution in [-0.4, -0.2) is 45.3 Å². The highest BCUT2D eigenvalue weighted by atomic mass is 16.2. The van der Waals surface area contributed by atoms with Crippen molar-refractivity contribution in [1.82, 2.24) is 19.8 Å². The molecule has 0 spiro atoms. The molecule has 1 N–H and O–H groups in total. The van der Waals surface area contributed by atoms with Crippen LogP contribution in [0.15, 0.2) is 35.4 Å². The van der Waals surface area contributed by atoms with Crippen molar-refractivity contribution in [1.29, 1.82) is 0 Å². The third-order valence-corrected chi connectivity index (χ3v) is 5.60. The summed E-state index contributed by atoms with van der Waals surface area (Å²) in [6, 6.07) is 7.99. The molecule has 0 aliphatic carbocycles. The summed E-state index contributed by atoms with van der Waals surface area (Å²) in [5.41, 5.74) is 3.27. The highest BCUT2D eigenvalue weighted by molar-refractivity contribution is 5.94. The first-order valence-electron chi connectivity index (χ1n) is 9.87. The third kappa shape index (κ3) is 4.11. The van der Waals surface area contributed by atoms with Crippen LogP contribution in [-0.2, 0) is 19.5 Å². The number of rotatable bonds is 3. The van der Waals surface area contributed by atoms with Crippen LogP contribution in [0.25, 0.3) is 0 Å². The molecule has 2 aliphatic heterocycles. The van der Waals surface area contributed by atoms with Gasteiger partial charge in [0.1, 0.15) is 0 Å². The zero-order valence-corrected chi connectivity index (χ0v) is 15.6. The average molecular weight is 366 g/mol. The number of nitrogens with one attached hydrogen (secondary N) is 1. The zero-order valence-electron chi connectivity index (χ0n) is 15.6. The van der Waals surface area contributed by atoms with Gasteiger partial charge >= 0.3 is 0 Å². The molecule has 0 unspecified atom stereocenters. The topological polar surface area (TPSA) is 69.3 Å². The number of amides is 1. The van der Waals surface area contributed by atoms with Gasteiger partial charge in [0.15, 0.2) is 0 Å². The first kappa shape index (κ1) is 17.9. The second-order valence-corrected chi connectivity index (χ2v) is 7.52. The van der Waals surface area contributed by atoms with E-state index in [4.69, 9.17) is 0 Å². The average Bonchev–Trinajstić information content (AvgIpc) is 2.97. The molecule has 1 aromatic carbocycles. The first-order chi connectivity index (χ1) is 13.2. The molecule has 1 aromatic heterocycles. The van der Waals surface area contributed by atoms with Crippen LogP contribution in [0.1, 0.15) is 52.9 Å². The Bertz CT molecular complexity index is 851. The van der Waals surface area contributed by atoms with Gasteiger partial charge in [-0.05, 0) is 50.0 Å². The van der Waals surface area contributed by atoms with Crippen LogP contribution in [0.3, 0.4) is 0 Å². The Morgan fingerprint density at radius 3 is 2.52 bits per heavy atom. The zero-order chi connectivity index (χ0) is 18.6. The largest absolute Gasteiger partial charge is 0.332 e. The molecular weight excluding hydrogens is 340 g/mol. The maximum atomic E-state index is 12.8. The molecule has 1 fully saturated rings. The van der Waals surface area contributed by atoms with Crippen molar-refractivity contribution in [2.24, 2.45) is 0 Å². The van der Waals surface area contributed by atoms with Crippen molar-refractivity contribution in [3.63, 3.8) is 0 Å². The molecule has 0 bridgehead atoms. The van der Waals surface area contributed by atoms with Gasteiger partial charge in [0, 0.05) is 24.2 Å². The van der Waals surface area contributed by atoms with Crippen LogP contribution in [0.5, 0.6) is 0 Å². The van der Waals surface area contributed by atoms with Crippen molar-refractivity contribution in [2.75, 3.05) is 19.6 Å². The first-order valence-corrected chi connectivity index (χ1v) is 9.87. The summed E-state index contributed by atoms with van der Waals surface area (Å²) in [4.78, 5) is 35.8. The number of aromatic amines is 1. The molecule has 0 saturated carbocycles. The van der Waals surface area contributed by atoms with E-state index in [0.29, 0.717) is 36.3 Å². The molecule has 2 aromatic rings. The van der Waals surface area contributed by atoms with E-state index in [1.807, 2.05) is 12.1 Å². The van der Waals surface area contributed by atoms with E-state index in [1.54, 1.807) is 4.90 Å². The molecule has 0 radical (unpaired) electrons. The summed E-state index contributed by atoms with van der Waals surface area (Å²) in [5.74, 6) is 0.00375. The minimum Gasteiger partial charge on any atom is -0.332 e. The van der Waals surface area contributed by atoms with E-state index in [1.165, 1.54) is 50.7 Å². The van der Waals surface area contributed by atoms with E-state index in [9.17, 15) is 9.59 Å². The van der Waals surface area contributed by atoms with Crippen LogP contribution < -0.4 is 5.56 Å². The van der Waals surface area contributed by atoms with Crippen LogP contribution in [0.4, 0.5) is 0 Å². The van der Waals surface area contributed by atoms with E-state index >= 15 is 0 Å². The van der Waals surface area contributed by atoms with E-state index < -0.39 is 0 Å². The van der Waals surface area contributed by atoms with Crippen molar-refractivity contribution in [3.05, 3.63) is 63.3 Å². The number of nitrogens with zero attached hydrogens (tertiary/aromatic N) is 3. The highest BCUT2D eigenvalue weighted by Crippen LogP contribution is 2.18. The Hall–Kier alpha value is -2.47. The lowest BCUT2D eigenvalue weighted by Gasteiger charge is -2.27. The SMILES string of the molecule is O=C(c1ccc(CN2CCCCCC2)cc1)N1CCc2c(nc[nH]c2=O)C1. The lowest BCUT2D eigenvalue weighted by Crippen LogP contribution is -2.38. The van der Waals surface area contributed by atoms with Gasteiger partial charge in [-0.1, -0.05) is 25.0 Å². The Kier molecular flexibility index (Phi) is 5.34. The van der Waals surface area contributed by atoms with Gasteiger partial charge in [0.05, 0.1) is 18.6 Å². The van der Waals surface area contributed by atoms with Crippen LogP contribution in [0, 0.1) is 0 Å². The summed E-state index contributed by atoms with van der Waals surface area (Å²) in [5, 5.41) is 0. The van der Waals surface area contributed by atoms with Gasteiger partial charge < -0.3 is 9.88 Å². The smallest absolute Gasteiger partial charge is 0.254 e. The lowest BCUT2D eigenvalue weighted by molar-refractivity contribution is 0.0731. The van der Waals surface area contributed by atoms with E-state index in [0.717, 1.165) is 6.54 Å². The standard InChI is InChI=1S/C21H26N4O2/c26-20-18-9-12-25(14-19(18)22-15-23-20)21(27)17-7-5-16(6-8-17)13-24-10-3-1-2-4-11-24/h5-8,15H,1-4,9-14H2,(H,22,23,26). The minimum atomic E-state index is -0.0926. The summed E-state index contributed by atoms with van der Waals surface area (Å²) >= 11 is 0. The normalized spacial score (nSPS) is 18.0. The molecule has 1 saturated heterocycles. The monoisotopic (exact) mass is 366 g/mol. The molecule has 142 valence electrons. The van der Waals surface area contributed by atoms with Crippen molar-refractivity contribution >= 4 is 5.91 Å². The number of hydrogen-bond acceptors (Lipinski definition) is 4. The molecule has 2 aliphatic rings. The van der Waals surface area contributed by atoms with Gasteiger partial charge in [-0.3, -0.25) is 14.5 Å². The van der Waals surface area contributed by atoms with Crippen molar-refractivity contribution < 1.29 is 4.79 Å². The molecule has 6 nitrogen and oxygen atoms in total. The summed E-state index contributed by atoms with van der Waals surface area (Å²) in [6.45, 7) is 4.24. The lowest BCUT2D eigenvalue weighted by atomic mass is 10.0. The fourth-order valence-corrected chi connectivity index (χ4v) is 4.03. The fourth-order valence-electron chi connectivity index (χ4n) is 4.03. The Morgan fingerprint density at radius 2 is 1.78 bits per heavy atom. The number of H-pyrrole nitrogens is 1. The summed E-state index contributed by atoms with van der Waals surface area (Å²) in [6.07, 6.45) is 7.20. The minimum absolute atomic E-state index is 0.00375. The molecule has 1 amide bonds. The quantitative estimate of drug-likeness (QED) is 0.905. The number of carbonyl (C=O) groups excluding carboxylic acids is 1. The highest BCUT2D eigenvalue weighted by Gasteiger charge is 2.24. The predicted molar refractivity (Wildman–Crippen MR) is 103 cm³/mol. The number of carbonyl (C=O) groups is 1. The maximum Gasteiger partial charge on any atom is 0.254 e. The van der Waals surface area contributed by atoms with Crippen LogP contribution >= 0.6 is 0 Å². The molecule has 27 heavy (non-hydrogen) atoms. The van der Waals surface area contributed by atoms with Gasteiger partial charge in [-0.15, -0.1) is 0 Å². The molecule has 4 rings (SSSR count). The molecule has 3 heterocycles. The second-order valence-electron chi connectivity index (χ2n) is 7.52. The van der Waals surface area contributed by atoms with Gasteiger partial charge in [0.25, 0.3) is 11.5 Å². The van der Waals surface area contributed by atoms with Crippen LogP contribution in [0.2, 0.25) is 0 Å². The number of hydrogen-bond donors (Lipinski definition) is 1. The molecule has 6 heteroatoms. The Labute approximate surface area is 159 Å². The molecular formula is C21H26N4O2. The summed E-state index contributed by atoms with van der Waals surface area (Å²) < 4.78 is 0. The number of fused-ring (bicyclic) bond motifs is 1. The number of benzene rings is 1. The maximum absolute atomic E-state index is 12.8. The predicted octanol–water partition coefficient (Wildman–Crippen LogP) is 2.34. The van der Waals surface area contributed by atoms with E-state index in [-0.39, 0.29) is 11.5 Å². The second kappa shape index (κ2) is 8.05. The van der Waals surface area contributed by atoms with Crippen molar-refractivity contribution in [2.45, 2.75) is 45.2 Å².